The number of aliphatic hydroxyl groups excluding tert-OH is 1. The van der Waals surface area contributed by atoms with E-state index in [0.29, 0.717) is 23.0 Å². The lowest BCUT2D eigenvalue weighted by molar-refractivity contribution is -0.111. The number of hydrogen-bond donors (Lipinski definition) is 4. The van der Waals surface area contributed by atoms with Gasteiger partial charge in [0.05, 0.1) is 12.4 Å². The summed E-state index contributed by atoms with van der Waals surface area (Å²) in [7, 11) is 0. The van der Waals surface area contributed by atoms with E-state index in [1.807, 2.05) is 67.8 Å². The highest BCUT2D eigenvalue weighted by atomic mass is 16.3. The van der Waals surface area contributed by atoms with Crippen molar-refractivity contribution in [3.8, 4) is 11.8 Å². The zero-order valence-corrected chi connectivity index (χ0v) is 22.5. The molecule has 0 aliphatic heterocycles. The molecule has 5 rings (SSSR count). The molecule has 4 N–H and O–H groups in total. The van der Waals surface area contributed by atoms with E-state index in [-0.39, 0.29) is 18.1 Å². The number of nitrogens with one attached hydrogen (secondary N) is 3. The highest BCUT2D eigenvalue weighted by Gasteiger charge is 2.21. The quantitative estimate of drug-likeness (QED) is 0.265. The molecule has 9 heteroatoms. The van der Waals surface area contributed by atoms with Gasteiger partial charge in [-0.2, -0.15) is 9.97 Å². The Morgan fingerprint density at radius 1 is 1.05 bits per heavy atom. The Balaban J connectivity index is 1.34. The molecule has 0 unspecified atom stereocenters. The normalized spacial score (nSPS) is 16.8. The van der Waals surface area contributed by atoms with E-state index in [0.717, 1.165) is 54.7 Å². The van der Waals surface area contributed by atoms with Crippen LogP contribution in [0.25, 0.3) is 11.2 Å². The van der Waals surface area contributed by atoms with Gasteiger partial charge in [0.25, 0.3) is 0 Å². The molecule has 1 amide bonds. The van der Waals surface area contributed by atoms with Gasteiger partial charge in [0.15, 0.2) is 17.0 Å². The minimum atomic E-state index is -0.388. The molecule has 9 nitrogen and oxygen atoms in total. The molecule has 2 heterocycles. The Morgan fingerprint density at radius 2 is 1.85 bits per heavy atom. The van der Waals surface area contributed by atoms with Crippen molar-refractivity contribution in [1.29, 1.82) is 0 Å². The van der Waals surface area contributed by atoms with Gasteiger partial charge in [0.2, 0.25) is 5.95 Å². The van der Waals surface area contributed by atoms with Crippen molar-refractivity contribution in [3.05, 3.63) is 65.5 Å². The average molecular weight is 524 g/mol. The fourth-order valence-electron chi connectivity index (χ4n) is 4.65. The lowest BCUT2D eigenvalue weighted by atomic mass is 9.93. The first kappa shape index (κ1) is 26.2. The Bertz CT molecular complexity index is 1560. The van der Waals surface area contributed by atoms with Crippen LogP contribution in [-0.4, -0.2) is 42.7 Å². The number of rotatable bonds is 6. The van der Waals surface area contributed by atoms with Crippen molar-refractivity contribution in [1.82, 2.24) is 19.5 Å². The molecular weight excluding hydrogens is 490 g/mol. The van der Waals surface area contributed by atoms with Gasteiger partial charge in [-0.05, 0) is 87.9 Å². The molecule has 0 radical (unpaired) electrons. The van der Waals surface area contributed by atoms with Crippen molar-refractivity contribution < 1.29 is 9.90 Å². The molecule has 0 saturated heterocycles. The van der Waals surface area contributed by atoms with E-state index in [9.17, 15) is 9.90 Å². The summed E-state index contributed by atoms with van der Waals surface area (Å²) in [6.45, 7) is 6.84. The first-order valence-corrected chi connectivity index (χ1v) is 13.3. The minimum Gasteiger partial charge on any atom is -0.393 e. The summed E-state index contributed by atoms with van der Waals surface area (Å²) in [5.41, 5.74) is 5.88. The Kier molecular flexibility index (Phi) is 7.75. The second-order valence-corrected chi connectivity index (χ2v) is 9.96. The van der Waals surface area contributed by atoms with E-state index < -0.39 is 0 Å². The molecule has 1 aliphatic rings. The third kappa shape index (κ3) is 6.36. The maximum Gasteiger partial charge on any atom is 0.300 e. The number of carbonyl (C=O) groups excluding carboxylic acids is 1. The summed E-state index contributed by atoms with van der Waals surface area (Å²) >= 11 is 0. The largest absolute Gasteiger partial charge is 0.393 e. The van der Waals surface area contributed by atoms with Gasteiger partial charge in [-0.1, -0.05) is 18.1 Å². The monoisotopic (exact) mass is 523 g/mol. The van der Waals surface area contributed by atoms with Gasteiger partial charge in [0, 0.05) is 35.4 Å². The van der Waals surface area contributed by atoms with Crippen LogP contribution in [0.3, 0.4) is 0 Å². The van der Waals surface area contributed by atoms with Gasteiger partial charge in [-0.3, -0.25) is 4.79 Å². The molecule has 0 bridgehead atoms. The third-order valence-corrected chi connectivity index (χ3v) is 7.04. The average Bonchev–Trinajstić information content (AvgIpc) is 3.34. The van der Waals surface area contributed by atoms with Crippen molar-refractivity contribution in [3.63, 3.8) is 0 Å². The number of aliphatic hydroxyl groups is 1. The van der Waals surface area contributed by atoms with Crippen molar-refractivity contribution in [2.24, 2.45) is 0 Å². The molecule has 4 aromatic rings. The number of fused-ring (bicyclic) bond motifs is 1. The van der Waals surface area contributed by atoms with Gasteiger partial charge in [-0.15, -0.1) is 0 Å². The number of benzene rings is 2. The number of carbonyl (C=O) groups is 1. The van der Waals surface area contributed by atoms with E-state index in [1.165, 1.54) is 5.56 Å². The van der Waals surface area contributed by atoms with E-state index in [2.05, 4.69) is 32.8 Å². The Morgan fingerprint density at radius 3 is 2.62 bits per heavy atom. The summed E-state index contributed by atoms with van der Waals surface area (Å²) in [5.74, 6) is 6.30. The van der Waals surface area contributed by atoms with Gasteiger partial charge in [-0.25, -0.2) is 4.98 Å². The van der Waals surface area contributed by atoms with Crippen LogP contribution < -0.4 is 16.0 Å². The highest BCUT2D eigenvalue weighted by Crippen LogP contribution is 2.27. The van der Waals surface area contributed by atoms with Crippen LogP contribution in [0.1, 0.15) is 49.3 Å². The molecule has 0 spiro atoms. The number of hydrogen-bond acceptors (Lipinski definition) is 7. The predicted molar refractivity (Wildman–Crippen MR) is 154 cm³/mol. The zero-order chi connectivity index (χ0) is 27.4. The van der Waals surface area contributed by atoms with Crippen LogP contribution in [0, 0.1) is 25.7 Å². The fourth-order valence-corrected chi connectivity index (χ4v) is 4.65. The molecule has 2 aromatic heterocycles. The number of nitrogens with zero attached hydrogens (tertiary/aromatic N) is 4. The molecular formula is C30H33N7O2. The van der Waals surface area contributed by atoms with Crippen LogP contribution in [0.5, 0.6) is 0 Å². The third-order valence-electron chi connectivity index (χ3n) is 7.04. The summed E-state index contributed by atoms with van der Waals surface area (Å²) < 4.78 is 1.98. The van der Waals surface area contributed by atoms with Crippen molar-refractivity contribution in [2.75, 3.05) is 16.0 Å². The molecule has 200 valence electrons. The molecule has 1 saturated carbocycles. The molecule has 2 aromatic carbocycles. The summed E-state index contributed by atoms with van der Waals surface area (Å²) in [5, 5.41) is 19.5. The standard InChI is InChI=1S/C30H33N7O2/c1-4-37-18-31-27-28(35-30(36-29(27)37)34-22-11-13-25(38)14-12-22)33-24-7-5-6-23(17-24)32-26(39)15-10-21-9-8-19(2)20(3)16-21/h5-9,16-18,22,25,38H,4,11-14H2,1-3H3,(H,32,39)(H2,33,34,35,36). The van der Waals surface area contributed by atoms with Gasteiger partial charge in [0.1, 0.15) is 0 Å². The van der Waals surface area contributed by atoms with Crippen LogP contribution in [0.15, 0.2) is 48.8 Å². The van der Waals surface area contributed by atoms with Crippen LogP contribution in [-0.2, 0) is 11.3 Å². The predicted octanol–water partition coefficient (Wildman–Crippen LogP) is 4.91. The fraction of sp³-hybridized carbons (Fsp3) is 0.333. The van der Waals surface area contributed by atoms with Crippen LogP contribution >= 0.6 is 0 Å². The summed E-state index contributed by atoms with van der Waals surface area (Å²) in [6.07, 6.45) is 4.81. The van der Waals surface area contributed by atoms with Crippen LogP contribution in [0.2, 0.25) is 0 Å². The van der Waals surface area contributed by atoms with E-state index >= 15 is 0 Å². The molecule has 0 atom stereocenters. The van der Waals surface area contributed by atoms with Gasteiger partial charge < -0.3 is 25.6 Å². The highest BCUT2D eigenvalue weighted by molar-refractivity contribution is 6.04. The van der Waals surface area contributed by atoms with E-state index in [1.54, 1.807) is 6.33 Å². The van der Waals surface area contributed by atoms with Crippen molar-refractivity contribution >= 4 is 40.2 Å². The minimum absolute atomic E-state index is 0.208. The smallest absolute Gasteiger partial charge is 0.300 e. The molecule has 1 aliphatic carbocycles. The lowest BCUT2D eigenvalue weighted by Crippen LogP contribution is -2.29. The number of aromatic nitrogens is 4. The van der Waals surface area contributed by atoms with Crippen LogP contribution in [0.4, 0.5) is 23.1 Å². The second kappa shape index (κ2) is 11.5. The number of imidazole rings is 1. The van der Waals surface area contributed by atoms with Crippen molar-refractivity contribution in [2.45, 2.75) is 65.1 Å². The lowest BCUT2D eigenvalue weighted by Gasteiger charge is -2.26. The molecule has 39 heavy (non-hydrogen) atoms. The maximum atomic E-state index is 12.5. The Hall–Kier alpha value is -4.42. The molecule has 1 fully saturated rings. The zero-order valence-electron chi connectivity index (χ0n) is 22.5. The summed E-state index contributed by atoms with van der Waals surface area (Å²) in [6, 6.07) is 13.5. The maximum absolute atomic E-state index is 12.5. The SMILES string of the molecule is CCn1cnc2c(Nc3cccc(NC(=O)C#Cc4ccc(C)c(C)c4)c3)nc(NC3CCC(O)CC3)nc21. The van der Waals surface area contributed by atoms with E-state index in [4.69, 9.17) is 9.97 Å². The first-order valence-electron chi connectivity index (χ1n) is 13.3. The topological polar surface area (TPSA) is 117 Å². The number of anilines is 4. The number of aryl methyl sites for hydroxylation is 3. The first-order chi connectivity index (χ1) is 18.9. The summed E-state index contributed by atoms with van der Waals surface area (Å²) in [4.78, 5) is 26.5. The Labute approximate surface area is 228 Å². The number of amides is 1. The second-order valence-electron chi connectivity index (χ2n) is 9.96. The van der Waals surface area contributed by atoms with Gasteiger partial charge >= 0.3 is 5.91 Å².